The number of urea groups is 1. The van der Waals surface area contributed by atoms with Gasteiger partial charge in [0, 0.05) is 30.6 Å². The lowest BCUT2D eigenvalue weighted by atomic mass is 10.1. The van der Waals surface area contributed by atoms with Gasteiger partial charge in [0.15, 0.2) is 18.0 Å². The Kier molecular flexibility index (Phi) is 6.86. The van der Waals surface area contributed by atoms with E-state index in [0.29, 0.717) is 21.5 Å². The number of carbonyl (C=O) groups excluding carboxylic acids is 4. The summed E-state index contributed by atoms with van der Waals surface area (Å²) in [6.07, 6.45) is 2.49. The number of halogens is 1. The molecular weight excluding hydrogens is 494 g/mol. The number of rotatable bonds is 7. The number of anilines is 1. The summed E-state index contributed by atoms with van der Waals surface area (Å²) in [5, 5.41) is 5.63. The lowest BCUT2D eigenvalue weighted by Gasteiger charge is -2.42. The Hall–Kier alpha value is -3.38. The standard InChI is InChI=1S/C22H24ClN7O4S/c1-5-14(31)8-29-21(33)17-18(28(4)22(29)34)25-10-30(17)12(3)19(32)26-16-9-35-20(27-16)13-6-15(23)11(2)24-7-13/h6-7,9-10,12,17-18H,5,8H2,1-4H3,(H,26,32)/t12-,17?,18?/m0/s1. The minimum atomic E-state index is -0.908. The van der Waals surface area contributed by atoms with Crippen molar-refractivity contribution in [2.45, 2.75) is 45.4 Å². The molecule has 0 aliphatic carbocycles. The Bertz CT molecular complexity index is 1230. The van der Waals surface area contributed by atoms with E-state index in [4.69, 9.17) is 11.6 Å². The molecule has 2 aliphatic heterocycles. The summed E-state index contributed by atoms with van der Waals surface area (Å²) in [5.41, 5.74) is 1.44. The van der Waals surface area contributed by atoms with Crippen molar-refractivity contribution in [3.63, 3.8) is 0 Å². The lowest BCUT2D eigenvalue weighted by molar-refractivity contribution is -0.141. The van der Waals surface area contributed by atoms with Crippen LogP contribution in [0, 0.1) is 6.92 Å². The minimum Gasteiger partial charge on any atom is -0.335 e. The van der Waals surface area contributed by atoms with Crippen molar-refractivity contribution < 1.29 is 19.2 Å². The lowest BCUT2D eigenvalue weighted by Crippen LogP contribution is -2.66. The second-order valence-corrected chi connectivity index (χ2v) is 9.54. The third-order valence-electron chi connectivity index (χ3n) is 5.99. The number of aliphatic imine (C=N–C) groups is 1. The van der Waals surface area contributed by atoms with Crippen molar-refractivity contribution in [3.05, 3.63) is 28.4 Å². The van der Waals surface area contributed by atoms with E-state index in [9.17, 15) is 19.2 Å². The number of imide groups is 1. The predicted octanol–water partition coefficient (Wildman–Crippen LogP) is 2.41. The minimum absolute atomic E-state index is 0.203. The topological polar surface area (TPSA) is 128 Å². The van der Waals surface area contributed by atoms with Crippen LogP contribution in [0.15, 0.2) is 22.6 Å². The molecule has 0 spiro atoms. The van der Waals surface area contributed by atoms with Gasteiger partial charge in [-0.1, -0.05) is 18.5 Å². The molecule has 2 aromatic rings. The average molecular weight is 518 g/mol. The molecule has 1 fully saturated rings. The summed E-state index contributed by atoms with van der Waals surface area (Å²) < 4.78 is 0. The number of ketones is 1. The first kappa shape index (κ1) is 24.7. The fourth-order valence-electron chi connectivity index (χ4n) is 3.80. The van der Waals surface area contributed by atoms with Gasteiger partial charge in [0.2, 0.25) is 5.91 Å². The van der Waals surface area contributed by atoms with Gasteiger partial charge in [-0.05, 0) is 19.9 Å². The van der Waals surface area contributed by atoms with Gasteiger partial charge in [-0.15, -0.1) is 11.3 Å². The fraction of sp³-hybridized carbons (Fsp3) is 0.409. The highest BCUT2D eigenvalue weighted by Crippen LogP contribution is 2.30. The van der Waals surface area contributed by atoms with Gasteiger partial charge >= 0.3 is 6.03 Å². The van der Waals surface area contributed by atoms with Gasteiger partial charge in [-0.3, -0.25) is 24.3 Å². The van der Waals surface area contributed by atoms with Crippen molar-refractivity contribution in [3.8, 4) is 10.6 Å². The largest absolute Gasteiger partial charge is 0.335 e. The van der Waals surface area contributed by atoms with Crippen molar-refractivity contribution in [2.75, 3.05) is 18.9 Å². The second-order valence-electron chi connectivity index (χ2n) is 8.27. The SMILES string of the molecule is CCC(=O)CN1C(=O)C2C(N=CN2[C@@H](C)C(=O)Nc2csc(-c3cnc(C)c(Cl)c3)n2)N(C)C1=O. The van der Waals surface area contributed by atoms with E-state index >= 15 is 0 Å². The van der Waals surface area contributed by atoms with E-state index in [1.807, 2.05) is 0 Å². The van der Waals surface area contributed by atoms with Crippen molar-refractivity contribution >= 4 is 58.7 Å². The first-order valence-corrected chi connectivity index (χ1v) is 12.2. The quantitative estimate of drug-likeness (QED) is 0.597. The van der Waals surface area contributed by atoms with E-state index in [0.717, 1.165) is 10.5 Å². The van der Waals surface area contributed by atoms with E-state index in [1.54, 1.807) is 38.4 Å². The highest BCUT2D eigenvalue weighted by molar-refractivity contribution is 7.13. The van der Waals surface area contributed by atoms with Crippen LogP contribution in [0.5, 0.6) is 0 Å². The highest BCUT2D eigenvalue weighted by atomic mass is 35.5. The summed E-state index contributed by atoms with van der Waals surface area (Å²) in [6, 6.07) is -0.535. The van der Waals surface area contributed by atoms with Crippen LogP contribution in [0.1, 0.15) is 26.0 Å². The maximum absolute atomic E-state index is 13.2. The summed E-state index contributed by atoms with van der Waals surface area (Å²) in [6.45, 7) is 4.79. The number of nitrogens with zero attached hydrogens (tertiary/aromatic N) is 6. The first-order chi connectivity index (χ1) is 16.6. The maximum Gasteiger partial charge on any atom is 0.328 e. The van der Waals surface area contributed by atoms with Crippen LogP contribution in [-0.2, 0) is 14.4 Å². The van der Waals surface area contributed by atoms with Crippen LogP contribution in [0.2, 0.25) is 5.02 Å². The Morgan fingerprint density at radius 3 is 2.74 bits per heavy atom. The third kappa shape index (κ3) is 4.63. The number of aromatic nitrogens is 2. The van der Waals surface area contributed by atoms with Gasteiger partial charge in [-0.25, -0.2) is 14.8 Å². The number of aryl methyl sites for hydroxylation is 1. The van der Waals surface area contributed by atoms with Gasteiger partial charge in [0.25, 0.3) is 5.91 Å². The molecule has 184 valence electrons. The number of likely N-dealkylation sites (N-methyl/N-ethyl adjacent to an activating group) is 1. The average Bonchev–Trinajstić information content (AvgIpc) is 3.49. The number of fused-ring (bicyclic) bond motifs is 1. The molecular formula is C22H24ClN7O4S. The Labute approximate surface area is 210 Å². The second kappa shape index (κ2) is 9.70. The molecule has 2 aliphatic rings. The van der Waals surface area contributed by atoms with Crippen LogP contribution < -0.4 is 5.32 Å². The fourth-order valence-corrected chi connectivity index (χ4v) is 4.70. The van der Waals surface area contributed by atoms with Gasteiger partial charge < -0.3 is 15.1 Å². The molecule has 0 radical (unpaired) electrons. The molecule has 2 unspecified atom stereocenters. The van der Waals surface area contributed by atoms with E-state index < -0.39 is 36.1 Å². The van der Waals surface area contributed by atoms with Gasteiger partial charge in [0.05, 0.1) is 23.6 Å². The van der Waals surface area contributed by atoms with Crippen LogP contribution in [-0.4, -0.2) is 86.5 Å². The number of amides is 4. The molecule has 4 rings (SSSR count). The normalized spacial score (nSPS) is 20.3. The van der Waals surface area contributed by atoms with Crippen LogP contribution in [0.25, 0.3) is 10.6 Å². The van der Waals surface area contributed by atoms with Crippen LogP contribution in [0.4, 0.5) is 10.6 Å². The number of carbonyl (C=O) groups is 4. The number of hydrogen-bond acceptors (Lipinski definition) is 9. The summed E-state index contributed by atoms with van der Waals surface area (Å²) in [5.74, 6) is -0.850. The molecule has 0 saturated carbocycles. The molecule has 0 aromatic carbocycles. The van der Waals surface area contributed by atoms with Crippen molar-refractivity contribution in [1.82, 2.24) is 24.7 Å². The van der Waals surface area contributed by atoms with Crippen molar-refractivity contribution in [2.24, 2.45) is 4.99 Å². The van der Waals surface area contributed by atoms with Crippen LogP contribution in [0.3, 0.4) is 0 Å². The molecule has 11 nitrogen and oxygen atoms in total. The number of nitrogens with one attached hydrogen (secondary N) is 1. The van der Waals surface area contributed by atoms with Gasteiger partial charge in [0.1, 0.15) is 16.9 Å². The molecule has 1 saturated heterocycles. The maximum atomic E-state index is 13.2. The predicted molar refractivity (Wildman–Crippen MR) is 131 cm³/mol. The Balaban J connectivity index is 1.48. The summed E-state index contributed by atoms with van der Waals surface area (Å²) in [7, 11) is 1.52. The molecule has 13 heteroatoms. The molecule has 3 atom stereocenters. The number of pyridine rings is 1. The Morgan fingerprint density at radius 1 is 1.31 bits per heavy atom. The third-order valence-corrected chi connectivity index (χ3v) is 7.26. The number of hydrogen-bond donors (Lipinski definition) is 1. The highest BCUT2D eigenvalue weighted by Gasteiger charge is 2.51. The first-order valence-electron chi connectivity index (χ1n) is 10.9. The van der Waals surface area contributed by atoms with Crippen molar-refractivity contribution in [1.29, 1.82) is 0 Å². The zero-order valence-electron chi connectivity index (χ0n) is 19.6. The molecule has 4 heterocycles. The summed E-state index contributed by atoms with van der Waals surface area (Å²) in [4.78, 5) is 67.5. The van der Waals surface area contributed by atoms with E-state index in [1.165, 1.54) is 34.5 Å². The molecule has 4 amide bonds. The van der Waals surface area contributed by atoms with Crippen LogP contribution >= 0.6 is 22.9 Å². The van der Waals surface area contributed by atoms with Gasteiger partial charge in [-0.2, -0.15) is 0 Å². The number of Topliss-reactive ketones (excluding diaryl/α,β-unsaturated/α-hetero) is 1. The Morgan fingerprint density at radius 2 is 2.06 bits per heavy atom. The smallest absolute Gasteiger partial charge is 0.328 e. The molecule has 1 N–H and O–H groups in total. The zero-order valence-corrected chi connectivity index (χ0v) is 21.1. The van der Waals surface area contributed by atoms with E-state index in [-0.39, 0.29) is 18.7 Å². The zero-order chi connectivity index (χ0) is 25.4. The van der Waals surface area contributed by atoms with E-state index in [2.05, 4.69) is 20.3 Å². The summed E-state index contributed by atoms with van der Waals surface area (Å²) >= 11 is 7.48. The molecule has 0 bridgehead atoms. The number of thiazole rings is 1. The molecule has 2 aromatic heterocycles. The monoisotopic (exact) mass is 517 g/mol. The molecule has 35 heavy (non-hydrogen) atoms.